The van der Waals surface area contributed by atoms with E-state index in [9.17, 15) is 18.0 Å². The van der Waals surface area contributed by atoms with Crippen LogP contribution in [0.25, 0.3) is 0 Å². The van der Waals surface area contributed by atoms with Gasteiger partial charge in [-0.2, -0.15) is 13.2 Å². The molecular weight excluding hydrogens is 331 g/mol. The number of hydrogen-bond acceptors (Lipinski definition) is 5. The molecule has 1 heterocycles. The summed E-state index contributed by atoms with van der Waals surface area (Å²) >= 11 is 1.11. The standard InChI is InChI=1S/C15H14F3NO3S/c1-3-21-14(20)12-13(19-9(2)23-12)22-8-10-5-4-6-11(7-10)15(16,17)18/h4-7H,3,8H2,1-2H3. The molecule has 0 radical (unpaired) electrons. The summed E-state index contributed by atoms with van der Waals surface area (Å²) in [7, 11) is 0. The topological polar surface area (TPSA) is 48.4 Å². The molecule has 0 saturated heterocycles. The molecule has 8 heteroatoms. The van der Waals surface area contributed by atoms with Crippen molar-refractivity contribution < 1.29 is 27.4 Å². The number of ether oxygens (including phenoxy) is 2. The number of alkyl halides is 3. The number of rotatable bonds is 5. The van der Waals surface area contributed by atoms with Crippen LogP contribution in [0, 0.1) is 6.92 Å². The number of nitrogens with zero attached hydrogens (tertiary/aromatic N) is 1. The quantitative estimate of drug-likeness (QED) is 0.761. The number of carbonyl (C=O) groups is 1. The maximum absolute atomic E-state index is 12.7. The smallest absolute Gasteiger partial charge is 0.416 e. The first-order chi connectivity index (χ1) is 10.8. The third-order valence-corrected chi connectivity index (χ3v) is 3.73. The van der Waals surface area contributed by atoms with Crippen LogP contribution in [-0.2, 0) is 17.5 Å². The summed E-state index contributed by atoms with van der Waals surface area (Å²) in [5.74, 6) is -0.486. The summed E-state index contributed by atoms with van der Waals surface area (Å²) in [4.78, 5) is 16.1. The van der Waals surface area contributed by atoms with Gasteiger partial charge in [-0.3, -0.25) is 0 Å². The van der Waals surface area contributed by atoms with Gasteiger partial charge in [0.2, 0.25) is 5.88 Å². The second-order valence-electron chi connectivity index (χ2n) is 4.57. The summed E-state index contributed by atoms with van der Waals surface area (Å²) < 4.78 is 48.3. The van der Waals surface area contributed by atoms with Crippen LogP contribution in [-0.4, -0.2) is 17.6 Å². The van der Waals surface area contributed by atoms with Crippen molar-refractivity contribution >= 4 is 17.3 Å². The predicted octanol–water partition coefficient (Wildman–Crippen LogP) is 4.23. The van der Waals surface area contributed by atoms with Crippen LogP contribution in [0.2, 0.25) is 0 Å². The molecule has 4 nitrogen and oxygen atoms in total. The van der Waals surface area contributed by atoms with Crippen molar-refractivity contribution in [2.75, 3.05) is 6.61 Å². The minimum absolute atomic E-state index is 0.0726. The molecule has 0 aliphatic heterocycles. The van der Waals surface area contributed by atoms with E-state index in [4.69, 9.17) is 9.47 Å². The van der Waals surface area contributed by atoms with Crippen LogP contribution in [0.15, 0.2) is 24.3 Å². The average Bonchev–Trinajstić information content (AvgIpc) is 2.86. The molecule has 0 aliphatic rings. The molecular formula is C15H14F3NO3S. The number of benzene rings is 1. The lowest BCUT2D eigenvalue weighted by atomic mass is 10.1. The average molecular weight is 345 g/mol. The molecule has 2 rings (SSSR count). The molecule has 2 aromatic rings. The Labute approximate surface area is 134 Å². The lowest BCUT2D eigenvalue weighted by Gasteiger charge is -2.09. The molecule has 1 aromatic carbocycles. The van der Waals surface area contributed by atoms with Gasteiger partial charge < -0.3 is 9.47 Å². The number of aryl methyl sites for hydroxylation is 1. The fraction of sp³-hybridized carbons (Fsp3) is 0.333. The van der Waals surface area contributed by atoms with Gasteiger partial charge in [-0.25, -0.2) is 9.78 Å². The largest absolute Gasteiger partial charge is 0.472 e. The Morgan fingerprint density at radius 1 is 1.35 bits per heavy atom. The van der Waals surface area contributed by atoms with Crippen LogP contribution >= 0.6 is 11.3 Å². The van der Waals surface area contributed by atoms with E-state index in [0.717, 1.165) is 23.5 Å². The second kappa shape index (κ2) is 6.99. The lowest BCUT2D eigenvalue weighted by molar-refractivity contribution is -0.137. The van der Waals surface area contributed by atoms with Gasteiger partial charge in [0.05, 0.1) is 17.2 Å². The highest BCUT2D eigenvalue weighted by molar-refractivity contribution is 7.13. The normalized spacial score (nSPS) is 11.3. The molecule has 0 amide bonds. The van der Waals surface area contributed by atoms with Gasteiger partial charge in [-0.1, -0.05) is 12.1 Å². The fourth-order valence-corrected chi connectivity index (χ4v) is 2.58. The van der Waals surface area contributed by atoms with Crippen molar-refractivity contribution in [3.8, 4) is 5.88 Å². The highest BCUT2D eigenvalue weighted by Crippen LogP contribution is 2.30. The zero-order valence-corrected chi connectivity index (χ0v) is 13.3. The number of halogens is 3. The van der Waals surface area contributed by atoms with E-state index in [1.54, 1.807) is 13.8 Å². The van der Waals surface area contributed by atoms with Crippen molar-refractivity contribution in [1.82, 2.24) is 4.98 Å². The Kier molecular flexibility index (Phi) is 5.25. The van der Waals surface area contributed by atoms with E-state index < -0.39 is 17.7 Å². The second-order valence-corrected chi connectivity index (χ2v) is 5.78. The predicted molar refractivity (Wildman–Crippen MR) is 78.6 cm³/mol. The van der Waals surface area contributed by atoms with Gasteiger partial charge in [0.15, 0.2) is 4.88 Å². The third kappa shape index (κ3) is 4.44. The first-order valence-corrected chi connectivity index (χ1v) is 7.56. The Bertz CT molecular complexity index is 698. The highest BCUT2D eigenvalue weighted by Gasteiger charge is 2.30. The molecule has 23 heavy (non-hydrogen) atoms. The summed E-state index contributed by atoms with van der Waals surface area (Å²) in [5.41, 5.74) is -0.418. The van der Waals surface area contributed by atoms with Crippen LogP contribution in [0.4, 0.5) is 13.2 Å². The SMILES string of the molecule is CCOC(=O)c1sc(C)nc1OCc1cccc(C(F)(F)F)c1. The molecule has 0 N–H and O–H groups in total. The first kappa shape index (κ1) is 17.3. The van der Waals surface area contributed by atoms with E-state index in [1.165, 1.54) is 12.1 Å². The van der Waals surface area contributed by atoms with Crippen LogP contribution in [0.1, 0.15) is 32.7 Å². The molecule has 0 bridgehead atoms. The maximum Gasteiger partial charge on any atom is 0.416 e. The van der Waals surface area contributed by atoms with Gasteiger partial charge in [0.1, 0.15) is 6.61 Å². The van der Waals surface area contributed by atoms with Gasteiger partial charge in [-0.15, -0.1) is 11.3 Å². The zero-order chi connectivity index (χ0) is 17.0. The maximum atomic E-state index is 12.7. The zero-order valence-electron chi connectivity index (χ0n) is 12.4. The van der Waals surface area contributed by atoms with Crippen LogP contribution < -0.4 is 4.74 Å². The summed E-state index contributed by atoms with van der Waals surface area (Å²) in [6, 6.07) is 4.81. The number of thiazole rings is 1. The molecule has 0 saturated carbocycles. The Morgan fingerprint density at radius 3 is 2.74 bits per heavy atom. The van der Waals surface area contributed by atoms with Gasteiger partial charge in [0.25, 0.3) is 0 Å². The lowest BCUT2D eigenvalue weighted by Crippen LogP contribution is -2.07. The van der Waals surface area contributed by atoms with Crippen molar-refractivity contribution in [3.05, 3.63) is 45.3 Å². The van der Waals surface area contributed by atoms with Crippen LogP contribution in [0.3, 0.4) is 0 Å². The van der Waals surface area contributed by atoms with Crippen LogP contribution in [0.5, 0.6) is 5.88 Å². The summed E-state index contributed by atoms with van der Waals surface area (Å²) in [5, 5.41) is 0.604. The fourth-order valence-electron chi connectivity index (χ4n) is 1.82. The molecule has 0 atom stereocenters. The highest BCUT2D eigenvalue weighted by atomic mass is 32.1. The van der Waals surface area contributed by atoms with E-state index in [-0.39, 0.29) is 24.0 Å². The number of hydrogen-bond donors (Lipinski definition) is 0. The van der Waals surface area contributed by atoms with E-state index in [2.05, 4.69) is 4.98 Å². The molecule has 0 fully saturated rings. The summed E-state index contributed by atoms with van der Waals surface area (Å²) in [6.45, 7) is 3.46. The number of aromatic nitrogens is 1. The molecule has 0 aliphatic carbocycles. The van der Waals surface area contributed by atoms with E-state index in [1.807, 2.05) is 0 Å². The monoisotopic (exact) mass is 345 g/mol. The molecule has 0 unspecified atom stereocenters. The third-order valence-electron chi connectivity index (χ3n) is 2.79. The van der Waals surface area contributed by atoms with Gasteiger partial charge >= 0.3 is 12.1 Å². The van der Waals surface area contributed by atoms with Crippen molar-refractivity contribution in [3.63, 3.8) is 0 Å². The molecule has 124 valence electrons. The Morgan fingerprint density at radius 2 is 2.09 bits per heavy atom. The minimum Gasteiger partial charge on any atom is -0.472 e. The minimum atomic E-state index is -4.41. The van der Waals surface area contributed by atoms with Gasteiger partial charge in [0, 0.05) is 0 Å². The van der Waals surface area contributed by atoms with Gasteiger partial charge in [-0.05, 0) is 31.5 Å². The van der Waals surface area contributed by atoms with E-state index in [0.29, 0.717) is 10.6 Å². The molecule has 0 spiro atoms. The van der Waals surface area contributed by atoms with Crippen molar-refractivity contribution in [2.45, 2.75) is 26.6 Å². The number of esters is 1. The van der Waals surface area contributed by atoms with Crippen molar-refractivity contribution in [1.29, 1.82) is 0 Å². The van der Waals surface area contributed by atoms with Crippen molar-refractivity contribution in [2.24, 2.45) is 0 Å². The molecule has 1 aromatic heterocycles. The summed E-state index contributed by atoms with van der Waals surface area (Å²) in [6.07, 6.45) is -4.41. The van der Waals surface area contributed by atoms with E-state index >= 15 is 0 Å². The Hall–Kier alpha value is -2.09. The first-order valence-electron chi connectivity index (χ1n) is 6.74. The Balaban J connectivity index is 2.14. The number of carbonyl (C=O) groups excluding carboxylic acids is 1.